The average Bonchev–Trinajstić information content (AvgIpc) is 2.34. The van der Waals surface area contributed by atoms with Gasteiger partial charge in [-0.2, -0.15) is 0 Å². The molecule has 0 atom stereocenters. The van der Waals surface area contributed by atoms with E-state index in [0.29, 0.717) is 0 Å². The van der Waals surface area contributed by atoms with Gasteiger partial charge in [-0.15, -0.1) is 0 Å². The van der Waals surface area contributed by atoms with E-state index in [1.807, 2.05) is 0 Å². The van der Waals surface area contributed by atoms with Gasteiger partial charge in [0.25, 0.3) is 5.91 Å². The molecule has 2 rings (SSSR count). The SMILES string of the molecule is Cc1ccc(NC(=O)c2ccccn2)c(F)c1. The molecule has 17 heavy (non-hydrogen) atoms. The quantitative estimate of drug-likeness (QED) is 0.861. The lowest BCUT2D eigenvalue weighted by Gasteiger charge is -2.06. The number of carbonyl (C=O) groups is 1. The van der Waals surface area contributed by atoms with Crippen molar-refractivity contribution < 1.29 is 9.18 Å². The predicted molar refractivity (Wildman–Crippen MR) is 63.3 cm³/mol. The third-order valence-corrected chi connectivity index (χ3v) is 2.27. The van der Waals surface area contributed by atoms with Gasteiger partial charge in [0.05, 0.1) is 5.69 Å². The summed E-state index contributed by atoms with van der Waals surface area (Å²) in [5.41, 5.74) is 1.22. The maximum atomic E-state index is 13.5. The first-order valence-corrected chi connectivity index (χ1v) is 5.15. The predicted octanol–water partition coefficient (Wildman–Crippen LogP) is 2.78. The summed E-state index contributed by atoms with van der Waals surface area (Å²) in [6.45, 7) is 1.79. The smallest absolute Gasteiger partial charge is 0.274 e. The van der Waals surface area contributed by atoms with Crippen molar-refractivity contribution in [2.45, 2.75) is 6.92 Å². The van der Waals surface area contributed by atoms with Gasteiger partial charge in [0, 0.05) is 6.20 Å². The first-order chi connectivity index (χ1) is 8.16. The van der Waals surface area contributed by atoms with Crippen molar-refractivity contribution in [2.24, 2.45) is 0 Å². The van der Waals surface area contributed by atoms with Gasteiger partial charge >= 0.3 is 0 Å². The lowest BCUT2D eigenvalue weighted by molar-refractivity contribution is 0.102. The van der Waals surface area contributed by atoms with E-state index < -0.39 is 11.7 Å². The molecule has 0 spiro atoms. The van der Waals surface area contributed by atoms with Crippen LogP contribution in [0.3, 0.4) is 0 Å². The molecule has 0 unspecified atom stereocenters. The van der Waals surface area contributed by atoms with E-state index >= 15 is 0 Å². The minimum Gasteiger partial charge on any atom is -0.318 e. The number of halogens is 1. The Morgan fingerprint density at radius 2 is 2.12 bits per heavy atom. The maximum Gasteiger partial charge on any atom is 0.274 e. The molecule has 1 aromatic carbocycles. The van der Waals surface area contributed by atoms with E-state index in [1.54, 1.807) is 31.2 Å². The van der Waals surface area contributed by atoms with Crippen molar-refractivity contribution in [3.63, 3.8) is 0 Å². The molecule has 0 fully saturated rings. The number of amides is 1. The lowest BCUT2D eigenvalue weighted by atomic mass is 10.2. The van der Waals surface area contributed by atoms with Gasteiger partial charge in [-0.05, 0) is 36.8 Å². The molecule has 0 aliphatic heterocycles. The minimum atomic E-state index is -0.450. The Hall–Kier alpha value is -2.23. The van der Waals surface area contributed by atoms with Crippen LogP contribution in [0.2, 0.25) is 0 Å². The molecule has 1 amide bonds. The Labute approximate surface area is 98.3 Å². The van der Waals surface area contributed by atoms with E-state index in [2.05, 4.69) is 10.3 Å². The van der Waals surface area contributed by atoms with Gasteiger partial charge < -0.3 is 5.32 Å². The van der Waals surface area contributed by atoms with Crippen LogP contribution in [0.15, 0.2) is 42.6 Å². The van der Waals surface area contributed by atoms with Crippen LogP contribution in [0, 0.1) is 12.7 Å². The van der Waals surface area contributed by atoms with E-state index in [1.165, 1.54) is 18.3 Å². The van der Waals surface area contributed by atoms with Crippen LogP contribution in [0.4, 0.5) is 10.1 Å². The molecule has 1 N–H and O–H groups in total. The van der Waals surface area contributed by atoms with Crippen molar-refractivity contribution in [1.29, 1.82) is 0 Å². The Balaban J connectivity index is 2.19. The zero-order valence-electron chi connectivity index (χ0n) is 9.27. The first-order valence-electron chi connectivity index (χ1n) is 5.15. The fourth-order valence-electron chi connectivity index (χ4n) is 1.40. The summed E-state index contributed by atoms with van der Waals surface area (Å²) in [5.74, 6) is -0.873. The van der Waals surface area contributed by atoms with E-state index in [-0.39, 0.29) is 11.4 Å². The van der Waals surface area contributed by atoms with Crippen LogP contribution < -0.4 is 5.32 Å². The van der Waals surface area contributed by atoms with Crippen molar-refractivity contribution >= 4 is 11.6 Å². The van der Waals surface area contributed by atoms with Gasteiger partial charge in [0.15, 0.2) is 0 Å². The second-order valence-electron chi connectivity index (χ2n) is 3.65. The highest BCUT2D eigenvalue weighted by atomic mass is 19.1. The first kappa shape index (κ1) is 11.3. The summed E-state index contributed by atoms with van der Waals surface area (Å²) in [4.78, 5) is 15.6. The highest BCUT2D eigenvalue weighted by molar-refractivity contribution is 6.02. The zero-order chi connectivity index (χ0) is 12.3. The molecule has 0 aliphatic rings. The number of aryl methyl sites for hydroxylation is 1. The number of nitrogens with zero attached hydrogens (tertiary/aromatic N) is 1. The average molecular weight is 230 g/mol. The lowest BCUT2D eigenvalue weighted by Crippen LogP contribution is -2.14. The summed E-state index contributed by atoms with van der Waals surface area (Å²) in [7, 11) is 0. The van der Waals surface area contributed by atoms with Gasteiger partial charge in [0.1, 0.15) is 11.5 Å². The van der Waals surface area contributed by atoms with Crippen LogP contribution in [0.25, 0.3) is 0 Å². The molecule has 0 radical (unpaired) electrons. The van der Waals surface area contributed by atoms with Gasteiger partial charge in [0.2, 0.25) is 0 Å². The monoisotopic (exact) mass is 230 g/mol. The van der Waals surface area contributed by atoms with Crippen LogP contribution in [-0.4, -0.2) is 10.9 Å². The molecule has 86 valence electrons. The molecular weight excluding hydrogens is 219 g/mol. The normalized spacial score (nSPS) is 10.0. The fraction of sp³-hybridized carbons (Fsp3) is 0.0769. The van der Waals surface area contributed by atoms with Crippen LogP contribution in [0.1, 0.15) is 16.1 Å². The van der Waals surface area contributed by atoms with Crippen molar-refractivity contribution in [3.05, 3.63) is 59.7 Å². The summed E-state index contributed by atoms with van der Waals surface area (Å²) >= 11 is 0. The Kier molecular flexibility index (Phi) is 3.14. The highest BCUT2D eigenvalue weighted by Gasteiger charge is 2.09. The summed E-state index contributed by atoms with van der Waals surface area (Å²) in [6, 6.07) is 9.62. The summed E-state index contributed by atoms with van der Waals surface area (Å²) in [5, 5.41) is 2.48. The number of anilines is 1. The molecule has 3 nitrogen and oxygen atoms in total. The number of hydrogen-bond donors (Lipinski definition) is 1. The topological polar surface area (TPSA) is 42.0 Å². The molecule has 0 bridgehead atoms. The molecule has 0 aliphatic carbocycles. The molecule has 1 heterocycles. The number of aromatic nitrogens is 1. The molecule has 0 saturated heterocycles. The number of rotatable bonds is 2. The third-order valence-electron chi connectivity index (χ3n) is 2.27. The van der Waals surface area contributed by atoms with Crippen molar-refractivity contribution in [3.8, 4) is 0 Å². The molecule has 2 aromatic rings. The number of nitrogens with one attached hydrogen (secondary N) is 1. The summed E-state index contributed by atoms with van der Waals surface area (Å²) in [6.07, 6.45) is 1.51. The van der Waals surface area contributed by atoms with E-state index in [9.17, 15) is 9.18 Å². The zero-order valence-corrected chi connectivity index (χ0v) is 9.27. The van der Waals surface area contributed by atoms with Crippen LogP contribution in [-0.2, 0) is 0 Å². The van der Waals surface area contributed by atoms with E-state index in [4.69, 9.17) is 0 Å². The number of benzene rings is 1. The third kappa shape index (κ3) is 2.66. The molecule has 1 aromatic heterocycles. The molecular formula is C13H11FN2O. The molecule has 0 saturated carbocycles. The van der Waals surface area contributed by atoms with Gasteiger partial charge in [-0.1, -0.05) is 12.1 Å². The Morgan fingerprint density at radius 1 is 1.29 bits per heavy atom. The second kappa shape index (κ2) is 4.74. The van der Waals surface area contributed by atoms with Gasteiger partial charge in [-0.3, -0.25) is 9.78 Å². The largest absolute Gasteiger partial charge is 0.318 e. The maximum absolute atomic E-state index is 13.5. The Morgan fingerprint density at radius 3 is 2.76 bits per heavy atom. The second-order valence-corrected chi connectivity index (χ2v) is 3.65. The highest BCUT2D eigenvalue weighted by Crippen LogP contribution is 2.15. The fourth-order valence-corrected chi connectivity index (χ4v) is 1.40. The van der Waals surface area contributed by atoms with Crippen LogP contribution in [0.5, 0.6) is 0 Å². The Bertz CT molecular complexity index is 540. The minimum absolute atomic E-state index is 0.159. The van der Waals surface area contributed by atoms with E-state index in [0.717, 1.165) is 5.56 Å². The summed E-state index contributed by atoms with van der Waals surface area (Å²) < 4.78 is 13.5. The van der Waals surface area contributed by atoms with Crippen molar-refractivity contribution in [1.82, 2.24) is 4.98 Å². The van der Waals surface area contributed by atoms with Crippen LogP contribution >= 0.6 is 0 Å². The molecule has 4 heteroatoms. The number of hydrogen-bond acceptors (Lipinski definition) is 2. The number of carbonyl (C=O) groups excluding carboxylic acids is 1. The standard InChI is InChI=1S/C13H11FN2O/c1-9-5-6-11(10(14)8-9)16-13(17)12-4-2-3-7-15-12/h2-8H,1H3,(H,16,17). The van der Waals surface area contributed by atoms with Gasteiger partial charge in [-0.25, -0.2) is 4.39 Å². The number of pyridine rings is 1. The van der Waals surface area contributed by atoms with Crippen molar-refractivity contribution in [2.75, 3.05) is 5.32 Å².